The van der Waals surface area contributed by atoms with Crippen molar-refractivity contribution >= 4 is 18.4 Å². The van der Waals surface area contributed by atoms with E-state index >= 15 is 0 Å². The minimum atomic E-state index is -0.685. The highest BCUT2D eigenvalue weighted by molar-refractivity contribution is 7.81. The SMILES string of the molecule is CCOC(C)(C)C(=O)C(C)S. The van der Waals surface area contributed by atoms with Crippen LogP contribution in [0.5, 0.6) is 0 Å². The Bertz CT molecular complexity index is 141. The maximum atomic E-state index is 11.4. The quantitative estimate of drug-likeness (QED) is 0.660. The lowest BCUT2D eigenvalue weighted by Gasteiger charge is -2.24. The molecule has 0 aliphatic rings. The molecule has 0 saturated carbocycles. The number of carbonyl (C=O) groups excluding carboxylic acids is 1. The van der Waals surface area contributed by atoms with Gasteiger partial charge in [-0.3, -0.25) is 4.79 Å². The lowest BCUT2D eigenvalue weighted by atomic mass is 10.0. The van der Waals surface area contributed by atoms with Crippen molar-refractivity contribution in [1.29, 1.82) is 0 Å². The van der Waals surface area contributed by atoms with E-state index in [1.807, 2.05) is 6.92 Å². The molecule has 0 N–H and O–H groups in total. The highest BCUT2D eigenvalue weighted by Crippen LogP contribution is 2.15. The molecule has 1 unspecified atom stereocenters. The lowest BCUT2D eigenvalue weighted by Crippen LogP contribution is -2.39. The van der Waals surface area contributed by atoms with Gasteiger partial charge in [-0.2, -0.15) is 12.6 Å². The Morgan fingerprint density at radius 2 is 2.09 bits per heavy atom. The van der Waals surface area contributed by atoms with Crippen LogP contribution in [0.1, 0.15) is 27.7 Å². The molecule has 66 valence electrons. The van der Waals surface area contributed by atoms with Gasteiger partial charge in [0.1, 0.15) is 5.60 Å². The molecule has 3 heteroatoms. The molecule has 0 aliphatic carbocycles. The summed E-state index contributed by atoms with van der Waals surface area (Å²) in [7, 11) is 0. The highest BCUT2D eigenvalue weighted by atomic mass is 32.1. The first kappa shape index (κ1) is 11.0. The maximum absolute atomic E-state index is 11.4. The maximum Gasteiger partial charge on any atom is 0.176 e. The number of ketones is 1. The normalized spacial score (nSPS) is 14.6. The van der Waals surface area contributed by atoms with E-state index in [4.69, 9.17) is 4.74 Å². The van der Waals surface area contributed by atoms with Crippen LogP contribution < -0.4 is 0 Å². The van der Waals surface area contributed by atoms with E-state index in [-0.39, 0.29) is 11.0 Å². The van der Waals surface area contributed by atoms with E-state index in [0.29, 0.717) is 6.61 Å². The topological polar surface area (TPSA) is 26.3 Å². The molecule has 0 radical (unpaired) electrons. The van der Waals surface area contributed by atoms with Crippen molar-refractivity contribution in [2.75, 3.05) is 6.61 Å². The molecule has 0 fully saturated rings. The van der Waals surface area contributed by atoms with Gasteiger partial charge in [-0.15, -0.1) is 0 Å². The molecule has 0 aromatic carbocycles. The molecule has 1 atom stereocenters. The summed E-state index contributed by atoms with van der Waals surface area (Å²) in [6.45, 7) is 7.72. The molecule has 0 saturated heterocycles. The van der Waals surface area contributed by atoms with Gasteiger partial charge in [0.25, 0.3) is 0 Å². The molecule has 0 spiro atoms. The third-order valence-corrected chi connectivity index (χ3v) is 1.71. The summed E-state index contributed by atoms with van der Waals surface area (Å²) in [5, 5.41) is -0.253. The fourth-order valence-electron chi connectivity index (χ4n) is 0.935. The van der Waals surface area contributed by atoms with E-state index in [0.717, 1.165) is 0 Å². The first-order valence-corrected chi connectivity index (χ1v) is 4.29. The summed E-state index contributed by atoms with van der Waals surface area (Å²) in [6.07, 6.45) is 0. The Labute approximate surface area is 73.7 Å². The van der Waals surface area contributed by atoms with Crippen molar-refractivity contribution in [3.63, 3.8) is 0 Å². The number of hydrogen-bond acceptors (Lipinski definition) is 3. The Balaban J connectivity index is 4.17. The van der Waals surface area contributed by atoms with Crippen molar-refractivity contribution in [3.8, 4) is 0 Å². The molecule has 2 nitrogen and oxygen atoms in total. The van der Waals surface area contributed by atoms with Gasteiger partial charge in [-0.25, -0.2) is 0 Å². The number of rotatable bonds is 4. The average Bonchev–Trinajstić information content (AvgIpc) is 1.86. The summed E-state index contributed by atoms with van der Waals surface area (Å²) >= 11 is 4.05. The Morgan fingerprint density at radius 1 is 1.64 bits per heavy atom. The summed E-state index contributed by atoms with van der Waals surface area (Å²) < 4.78 is 5.25. The molecule has 0 aromatic heterocycles. The predicted molar refractivity (Wildman–Crippen MR) is 49.2 cm³/mol. The van der Waals surface area contributed by atoms with Crippen LogP contribution >= 0.6 is 12.6 Å². The third-order valence-electron chi connectivity index (χ3n) is 1.48. The van der Waals surface area contributed by atoms with Crippen LogP contribution in [0.2, 0.25) is 0 Å². The second-order valence-electron chi connectivity index (χ2n) is 2.98. The van der Waals surface area contributed by atoms with Gasteiger partial charge in [-0.05, 0) is 27.7 Å². The summed E-state index contributed by atoms with van der Waals surface area (Å²) in [6, 6.07) is 0. The van der Waals surface area contributed by atoms with Crippen LogP contribution in [-0.2, 0) is 9.53 Å². The molecule has 0 rings (SSSR count). The van der Waals surface area contributed by atoms with E-state index in [2.05, 4.69) is 12.6 Å². The van der Waals surface area contributed by atoms with Gasteiger partial charge in [0, 0.05) is 6.61 Å². The fraction of sp³-hybridized carbons (Fsp3) is 0.875. The zero-order chi connectivity index (χ0) is 9.07. The first-order chi connectivity index (χ1) is 4.91. The van der Waals surface area contributed by atoms with Crippen molar-refractivity contribution < 1.29 is 9.53 Å². The van der Waals surface area contributed by atoms with Gasteiger partial charge in [-0.1, -0.05) is 0 Å². The monoisotopic (exact) mass is 176 g/mol. The third kappa shape index (κ3) is 3.25. The van der Waals surface area contributed by atoms with Gasteiger partial charge in [0.2, 0.25) is 0 Å². The number of thiol groups is 1. The molecule has 0 bridgehead atoms. The molecule has 11 heavy (non-hydrogen) atoms. The van der Waals surface area contributed by atoms with Crippen LogP contribution in [0, 0.1) is 0 Å². The zero-order valence-corrected chi connectivity index (χ0v) is 8.44. The number of hydrogen-bond donors (Lipinski definition) is 1. The van der Waals surface area contributed by atoms with E-state index < -0.39 is 5.60 Å². The Kier molecular flexibility index (Phi) is 4.11. The lowest BCUT2D eigenvalue weighted by molar-refractivity contribution is -0.138. The van der Waals surface area contributed by atoms with Crippen molar-refractivity contribution in [1.82, 2.24) is 0 Å². The van der Waals surface area contributed by atoms with Gasteiger partial charge in [0.05, 0.1) is 5.25 Å². The zero-order valence-electron chi connectivity index (χ0n) is 7.55. The summed E-state index contributed by atoms with van der Waals surface area (Å²) in [5.41, 5.74) is -0.685. The average molecular weight is 176 g/mol. The van der Waals surface area contributed by atoms with Crippen LogP contribution in [0.3, 0.4) is 0 Å². The second kappa shape index (κ2) is 4.12. The minimum absolute atomic E-state index is 0.0303. The number of carbonyl (C=O) groups is 1. The Morgan fingerprint density at radius 3 is 2.36 bits per heavy atom. The number of ether oxygens (including phenoxy) is 1. The molecule has 0 aliphatic heterocycles. The minimum Gasteiger partial charge on any atom is -0.368 e. The molecule has 0 aromatic rings. The molecule has 0 amide bonds. The van der Waals surface area contributed by atoms with Gasteiger partial charge < -0.3 is 4.74 Å². The van der Waals surface area contributed by atoms with Crippen LogP contribution in [0.15, 0.2) is 0 Å². The van der Waals surface area contributed by atoms with Crippen molar-refractivity contribution in [3.05, 3.63) is 0 Å². The van der Waals surface area contributed by atoms with Gasteiger partial charge >= 0.3 is 0 Å². The fourth-order valence-corrected chi connectivity index (χ4v) is 1.25. The molecule has 0 heterocycles. The predicted octanol–water partition coefficient (Wildman–Crippen LogP) is 1.69. The second-order valence-corrected chi connectivity index (χ2v) is 3.76. The first-order valence-electron chi connectivity index (χ1n) is 3.78. The van der Waals surface area contributed by atoms with Crippen LogP contribution in [-0.4, -0.2) is 23.2 Å². The smallest absolute Gasteiger partial charge is 0.176 e. The van der Waals surface area contributed by atoms with Gasteiger partial charge in [0.15, 0.2) is 5.78 Å². The van der Waals surface area contributed by atoms with Crippen LogP contribution in [0.25, 0.3) is 0 Å². The standard InChI is InChI=1S/C8H16O2S/c1-5-10-8(3,4)7(9)6(2)11/h6,11H,5H2,1-4H3. The van der Waals surface area contributed by atoms with Crippen molar-refractivity contribution in [2.45, 2.75) is 38.5 Å². The van der Waals surface area contributed by atoms with E-state index in [9.17, 15) is 4.79 Å². The summed E-state index contributed by atoms with van der Waals surface area (Å²) in [5.74, 6) is 0.0303. The molecular formula is C8H16O2S. The largest absolute Gasteiger partial charge is 0.368 e. The summed E-state index contributed by atoms with van der Waals surface area (Å²) in [4.78, 5) is 11.4. The van der Waals surface area contributed by atoms with Crippen LogP contribution in [0.4, 0.5) is 0 Å². The molecular weight excluding hydrogens is 160 g/mol. The van der Waals surface area contributed by atoms with E-state index in [1.165, 1.54) is 0 Å². The Hall–Kier alpha value is -0.0200. The van der Waals surface area contributed by atoms with E-state index in [1.54, 1.807) is 20.8 Å². The number of Topliss-reactive ketones (excluding diaryl/α,β-unsaturated/α-hetero) is 1. The van der Waals surface area contributed by atoms with Crippen molar-refractivity contribution in [2.24, 2.45) is 0 Å². The highest BCUT2D eigenvalue weighted by Gasteiger charge is 2.29.